The van der Waals surface area contributed by atoms with Gasteiger partial charge in [0.1, 0.15) is 11.6 Å². The van der Waals surface area contributed by atoms with Crippen LogP contribution >= 0.6 is 11.8 Å². The van der Waals surface area contributed by atoms with Crippen LogP contribution in [0, 0.1) is 0 Å². The van der Waals surface area contributed by atoms with Crippen LogP contribution in [-0.2, 0) is 11.3 Å². The van der Waals surface area contributed by atoms with Gasteiger partial charge in [-0.05, 0) is 24.3 Å². The second kappa shape index (κ2) is 8.34. The molecule has 0 aliphatic heterocycles. The molecule has 0 saturated carbocycles. The molecule has 0 unspecified atom stereocenters. The van der Waals surface area contributed by atoms with E-state index in [4.69, 9.17) is 9.47 Å². The number of carbonyl (C=O) groups is 1. The fourth-order valence-corrected chi connectivity index (χ4v) is 3.31. The molecule has 3 aromatic rings. The second-order valence-corrected chi connectivity index (χ2v) is 7.76. The van der Waals surface area contributed by atoms with Crippen LogP contribution in [0.25, 0.3) is 5.65 Å². The van der Waals surface area contributed by atoms with Gasteiger partial charge in [0.25, 0.3) is 0 Å². The van der Waals surface area contributed by atoms with E-state index in [1.54, 1.807) is 42.1 Å². The summed E-state index contributed by atoms with van der Waals surface area (Å²) in [7, 11) is 3.05. The van der Waals surface area contributed by atoms with E-state index in [1.807, 2.05) is 13.8 Å². The van der Waals surface area contributed by atoms with E-state index in [1.165, 1.54) is 18.7 Å². The number of hydrogen-bond donors (Lipinski definition) is 1. The van der Waals surface area contributed by atoms with Gasteiger partial charge in [-0.1, -0.05) is 13.8 Å². The minimum Gasteiger partial charge on any atom is -0.493 e. The smallest absolute Gasteiger partial charge is 0.367 e. The normalized spacial score (nSPS) is 11.0. The monoisotopic (exact) mass is 403 g/mol. The molecular weight excluding hydrogens is 382 g/mol. The highest BCUT2D eigenvalue weighted by molar-refractivity contribution is 7.99. The van der Waals surface area contributed by atoms with Crippen molar-refractivity contribution in [2.75, 3.05) is 19.5 Å². The molecule has 28 heavy (non-hydrogen) atoms. The van der Waals surface area contributed by atoms with E-state index < -0.39 is 11.6 Å². The number of carbonyl (C=O) groups excluding carboxylic acids is 1. The van der Waals surface area contributed by atoms with Gasteiger partial charge in [0.2, 0.25) is 5.91 Å². The Morgan fingerprint density at radius 1 is 1.14 bits per heavy atom. The standard InChI is InChI=1S/C18H21N5O4S/c1-11(2)28-17-8-7-15-20-22(18(25)23(15)21-17)10-16(24)19-12-5-6-13(26-3)14(9-12)27-4/h5-9,11H,10H2,1-4H3,(H,19,24). The van der Waals surface area contributed by atoms with Gasteiger partial charge in [0.15, 0.2) is 17.1 Å². The second-order valence-electron chi connectivity index (χ2n) is 6.17. The maximum absolute atomic E-state index is 12.5. The lowest BCUT2D eigenvalue weighted by Crippen LogP contribution is -2.28. The van der Waals surface area contributed by atoms with E-state index >= 15 is 0 Å². The van der Waals surface area contributed by atoms with Crippen LogP contribution in [0.5, 0.6) is 11.5 Å². The first kappa shape index (κ1) is 19.7. The molecule has 148 valence electrons. The van der Waals surface area contributed by atoms with Gasteiger partial charge in [-0.25, -0.2) is 9.48 Å². The van der Waals surface area contributed by atoms with Gasteiger partial charge >= 0.3 is 5.69 Å². The zero-order valence-corrected chi connectivity index (χ0v) is 16.8. The van der Waals surface area contributed by atoms with E-state index in [0.717, 1.165) is 9.71 Å². The molecule has 0 aliphatic rings. The van der Waals surface area contributed by atoms with Gasteiger partial charge in [0.05, 0.1) is 14.2 Å². The fraction of sp³-hybridized carbons (Fsp3) is 0.333. The topological polar surface area (TPSA) is 99.7 Å². The van der Waals surface area contributed by atoms with Crippen LogP contribution in [0.4, 0.5) is 5.69 Å². The van der Waals surface area contributed by atoms with Crippen molar-refractivity contribution >= 4 is 29.0 Å². The summed E-state index contributed by atoms with van der Waals surface area (Å²) in [5, 5.41) is 12.2. The van der Waals surface area contributed by atoms with Crippen LogP contribution in [0.3, 0.4) is 0 Å². The van der Waals surface area contributed by atoms with Gasteiger partial charge in [-0.3, -0.25) is 4.79 Å². The number of thioether (sulfide) groups is 1. The number of nitrogens with zero attached hydrogens (tertiary/aromatic N) is 4. The highest BCUT2D eigenvalue weighted by atomic mass is 32.2. The van der Waals surface area contributed by atoms with Gasteiger partial charge in [-0.2, -0.15) is 9.61 Å². The summed E-state index contributed by atoms with van der Waals surface area (Å²) in [4.78, 5) is 24.9. The molecular formula is C18H21N5O4S. The maximum atomic E-state index is 12.5. The predicted molar refractivity (Wildman–Crippen MR) is 106 cm³/mol. The highest BCUT2D eigenvalue weighted by Crippen LogP contribution is 2.29. The Bertz CT molecular complexity index is 1060. The first-order chi connectivity index (χ1) is 13.4. The molecule has 1 aromatic carbocycles. The molecule has 0 atom stereocenters. The predicted octanol–water partition coefficient (Wildman–Crippen LogP) is 2.05. The van der Waals surface area contributed by atoms with Crippen LogP contribution in [-0.4, -0.2) is 44.8 Å². The number of anilines is 1. The molecule has 0 bridgehead atoms. The fourth-order valence-electron chi connectivity index (χ4n) is 2.55. The van der Waals surface area contributed by atoms with Crippen LogP contribution in [0.2, 0.25) is 0 Å². The van der Waals surface area contributed by atoms with E-state index in [9.17, 15) is 9.59 Å². The summed E-state index contributed by atoms with van der Waals surface area (Å²) in [5.41, 5.74) is 0.439. The first-order valence-electron chi connectivity index (χ1n) is 8.56. The summed E-state index contributed by atoms with van der Waals surface area (Å²) < 4.78 is 12.7. The highest BCUT2D eigenvalue weighted by Gasteiger charge is 2.14. The first-order valence-corrected chi connectivity index (χ1v) is 9.44. The number of nitrogens with one attached hydrogen (secondary N) is 1. The van der Waals surface area contributed by atoms with Gasteiger partial charge < -0.3 is 14.8 Å². The lowest BCUT2D eigenvalue weighted by atomic mass is 10.2. The molecule has 2 aromatic heterocycles. The number of hydrogen-bond acceptors (Lipinski definition) is 7. The number of amides is 1. The molecule has 0 fully saturated rings. The third-order valence-electron chi connectivity index (χ3n) is 3.73. The average Bonchev–Trinajstić information content (AvgIpc) is 2.96. The van der Waals surface area contributed by atoms with Gasteiger partial charge in [-0.15, -0.1) is 16.9 Å². The number of rotatable bonds is 7. The Labute approximate surface area is 165 Å². The van der Waals surface area contributed by atoms with Crippen molar-refractivity contribution in [3.63, 3.8) is 0 Å². The van der Waals surface area contributed by atoms with Crippen molar-refractivity contribution in [2.45, 2.75) is 30.7 Å². The van der Waals surface area contributed by atoms with Crippen molar-refractivity contribution < 1.29 is 14.3 Å². The lowest BCUT2D eigenvalue weighted by molar-refractivity contribution is -0.117. The van der Waals surface area contributed by atoms with E-state index in [-0.39, 0.29) is 6.54 Å². The minimum absolute atomic E-state index is 0.233. The zero-order chi connectivity index (χ0) is 20.3. The molecule has 1 N–H and O–H groups in total. The van der Waals surface area contributed by atoms with Crippen molar-refractivity contribution in [2.24, 2.45) is 0 Å². The van der Waals surface area contributed by atoms with E-state index in [2.05, 4.69) is 15.5 Å². The summed E-state index contributed by atoms with van der Waals surface area (Å²) in [5.74, 6) is 0.650. The van der Waals surface area contributed by atoms with Crippen LogP contribution < -0.4 is 20.5 Å². The average molecular weight is 403 g/mol. The number of ether oxygens (including phenoxy) is 2. The minimum atomic E-state index is -0.469. The maximum Gasteiger partial charge on any atom is 0.367 e. The SMILES string of the molecule is COc1ccc(NC(=O)Cn2nc3ccc(SC(C)C)nn3c2=O)cc1OC. The summed E-state index contributed by atoms with van der Waals surface area (Å²) in [6.07, 6.45) is 0. The zero-order valence-electron chi connectivity index (χ0n) is 16.0. The molecule has 0 aliphatic carbocycles. The Morgan fingerprint density at radius 3 is 2.57 bits per heavy atom. The Balaban J connectivity index is 1.78. The molecule has 10 heteroatoms. The van der Waals surface area contributed by atoms with Gasteiger partial charge in [0, 0.05) is 17.0 Å². The Kier molecular flexibility index (Phi) is 5.88. The van der Waals surface area contributed by atoms with E-state index in [0.29, 0.717) is 28.1 Å². The lowest BCUT2D eigenvalue weighted by Gasteiger charge is -2.10. The molecule has 3 rings (SSSR count). The molecule has 1 amide bonds. The summed E-state index contributed by atoms with van der Waals surface area (Å²) >= 11 is 1.54. The molecule has 0 radical (unpaired) electrons. The summed E-state index contributed by atoms with van der Waals surface area (Å²) in [6, 6.07) is 8.52. The van der Waals surface area contributed by atoms with Crippen LogP contribution in [0.1, 0.15) is 13.8 Å². The largest absolute Gasteiger partial charge is 0.493 e. The molecule has 9 nitrogen and oxygen atoms in total. The Morgan fingerprint density at radius 2 is 1.89 bits per heavy atom. The van der Waals surface area contributed by atoms with Crippen molar-refractivity contribution in [1.82, 2.24) is 19.4 Å². The third kappa shape index (κ3) is 4.28. The van der Waals surface area contributed by atoms with Crippen molar-refractivity contribution in [3.8, 4) is 11.5 Å². The number of methoxy groups -OCH3 is 2. The molecule has 2 heterocycles. The summed E-state index contributed by atoms with van der Waals surface area (Å²) in [6.45, 7) is 3.85. The number of aromatic nitrogens is 4. The number of benzene rings is 1. The Hall–Kier alpha value is -3.01. The molecule has 0 spiro atoms. The quantitative estimate of drug-likeness (QED) is 0.603. The van der Waals surface area contributed by atoms with Crippen LogP contribution in [0.15, 0.2) is 40.2 Å². The molecule has 0 saturated heterocycles. The third-order valence-corrected chi connectivity index (χ3v) is 4.66. The number of fused-ring (bicyclic) bond motifs is 1. The van der Waals surface area contributed by atoms with Crippen molar-refractivity contribution in [1.29, 1.82) is 0 Å². The van der Waals surface area contributed by atoms with Crippen molar-refractivity contribution in [3.05, 3.63) is 40.8 Å².